The van der Waals surface area contributed by atoms with E-state index in [1.54, 1.807) is 12.1 Å². The number of benzene rings is 3. The van der Waals surface area contributed by atoms with Crippen molar-refractivity contribution in [1.82, 2.24) is 0 Å². The molecule has 0 atom stereocenters. The third-order valence-electron chi connectivity index (χ3n) is 4.06. The van der Waals surface area contributed by atoms with Crippen LogP contribution in [0.4, 0.5) is 4.39 Å². The molecule has 3 aromatic carbocycles. The molecule has 0 aliphatic rings. The molecule has 5 nitrogen and oxygen atoms in total. The molecule has 3 rings (SSSR count). The van der Waals surface area contributed by atoms with Gasteiger partial charge in [0.25, 0.3) is 0 Å². The second-order valence-electron chi connectivity index (χ2n) is 6.24. The number of hydrogen-bond acceptors (Lipinski definition) is 4. The predicted octanol–water partition coefficient (Wildman–Crippen LogP) is 4.58. The minimum atomic E-state index is -3.97. The highest BCUT2D eigenvalue weighted by Crippen LogP contribution is 2.30. The summed E-state index contributed by atoms with van der Waals surface area (Å²) in [5.41, 5.74) is 1.84. The average molecular weight is 435 g/mol. The second kappa shape index (κ2) is 8.63. The van der Waals surface area contributed by atoms with Gasteiger partial charge in [-0.2, -0.15) is 0 Å². The molecular weight excluding hydrogens is 419 g/mol. The molecule has 1 N–H and O–H groups in total. The summed E-state index contributed by atoms with van der Waals surface area (Å²) in [6, 6.07) is 17.2. The Hall–Kier alpha value is -2.90. The van der Waals surface area contributed by atoms with Crippen LogP contribution < -0.4 is 4.74 Å². The van der Waals surface area contributed by atoms with Gasteiger partial charge in [0.15, 0.2) is 16.4 Å². The Morgan fingerprint density at radius 3 is 2.38 bits per heavy atom. The summed E-state index contributed by atoms with van der Waals surface area (Å²) in [6.45, 7) is -0.622. The SMILES string of the molecule is O=C(O)COc1ccc(-c2ccccc2)cc1CS(=O)(=O)c1cc(F)cc(Cl)c1. The van der Waals surface area contributed by atoms with Crippen LogP contribution in [0.15, 0.2) is 71.6 Å². The number of carbonyl (C=O) groups is 1. The van der Waals surface area contributed by atoms with Crippen molar-refractivity contribution in [3.63, 3.8) is 0 Å². The van der Waals surface area contributed by atoms with Crippen molar-refractivity contribution in [3.05, 3.63) is 83.1 Å². The third kappa shape index (κ3) is 5.34. The van der Waals surface area contributed by atoms with Crippen LogP contribution in [-0.2, 0) is 20.4 Å². The summed E-state index contributed by atoms with van der Waals surface area (Å²) in [6.07, 6.45) is 0. The van der Waals surface area contributed by atoms with Gasteiger partial charge in [-0.25, -0.2) is 17.6 Å². The molecular formula is C21H16ClFO5S. The fraction of sp³-hybridized carbons (Fsp3) is 0.0952. The highest BCUT2D eigenvalue weighted by atomic mass is 35.5. The van der Waals surface area contributed by atoms with Gasteiger partial charge < -0.3 is 9.84 Å². The van der Waals surface area contributed by atoms with Crippen molar-refractivity contribution in [2.24, 2.45) is 0 Å². The summed E-state index contributed by atoms with van der Waals surface area (Å²) in [5, 5.41) is 8.83. The molecule has 0 aliphatic carbocycles. The largest absolute Gasteiger partial charge is 0.482 e. The number of hydrogen-bond donors (Lipinski definition) is 1. The van der Waals surface area contributed by atoms with Crippen molar-refractivity contribution in [3.8, 4) is 16.9 Å². The monoisotopic (exact) mass is 434 g/mol. The minimum absolute atomic E-state index is 0.0380. The van der Waals surface area contributed by atoms with Gasteiger partial charge in [0.1, 0.15) is 11.6 Å². The lowest BCUT2D eigenvalue weighted by molar-refractivity contribution is -0.139. The summed E-state index contributed by atoms with van der Waals surface area (Å²) < 4.78 is 44.6. The maximum atomic E-state index is 13.6. The lowest BCUT2D eigenvalue weighted by Crippen LogP contribution is -2.12. The molecule has 0 fully saturated rings. The Bertz CT molecular complexity index is 1130. The van der Waals surface area contributed by atoms with Crippen molar-refractivity contribution in [2.75, 3.05) is 6.61 Å². The van der Waals surface area contributed by atoms with Crippen molar-refractivity contribution in [2.45, 2.75) is 10.6 Å². The topological polar surface area (TPSA) is 80.7 Å². The molecule has 0 saturated carbocycles. The maximum absolute atomic E-state index is 13.6. The number of carboxylic acid groups (broad SMARTS) is 1. The molecule has 0 aliphatic heterocycles. The molecule has 0 unspecified atom stereocenters. The first kappa shape index (κ1) is 20.8. The maximum Gasteiger partial charge on any atom is 0.341 e. The fourth-order valence-electron chi connectivity index (χ4n) is 2.78. The molecule has 0 spiro atoms. The number of halogens is 2. The van der Waals surface area contributed by atoms with Gasteiger partial charge >= 0.3 is 5.97 Å². The minimum Gasteiger partial charge on any atom is -0.482 e. The molecule has 150 valence electrons. The molecule has 0 radical (unpaired) electrons. The van der Waals surface area contributed by atoms with E-state index in [4.69, 9.17) is 21.4 Å². The van der Waals surface area contributed by atoms with Crippen LogP contribution in [0.3, 0.4) is 0 Å². The molecule has 8 heteroatoms. The Kier molecular flexibility index (Phi) is 6.20. The van der Waals surface area contributed by atoms with E-state index in [0.717, 1.165) is 23.3 Å². The average Bonchev–Trinajstić information content (AvgIpc) is 2.66. The molecule has 0 amide bonds. The predicted molar refractivity (Wildman–Crippen MR) is 107 cm³/mol. The highest BCUT2D eigenvalue weighted by molar-refractivity contribution is 7.90. The first-order valence-electron chi connectivity index (χ1n) is 8.46. The van der Waals surface area contributed by atoms with E-state index in [0.29, 0.717) is 0 Å². The van der Waals surface area contributed by atoms with Crippen molar-refractivity contribution in [1.29, 1.82) is 0 Å². The number of aliphatic carboxylic acids is 1. The lowest BCUT2D eigenvalue weighted by Gasteiger charge is -2.13. The summed E-state index contributed by atoms with van der Waals surface area (Å²) in [4.78, 5) is 10.6. The van der Waals surface area contributed by atoms with Gasteiger partial charge in [-0.05, 0) is 41.5 Å². The summed E-state index contributed by atoms with van der Waals surface area (Å²) in [7, 11) is -3.97. The van der Waals surface area contributed by atoms with Crippen LogP contribution in [0, 0.1) is 5.82 Å². The highest BCUT2D eigenvalue weighted by Gasteiger charge is 2.20. The van der Waals surface area contributed by atoms with E-state index in [9.17, 15) is 17.6 Å². The molecule has 29 heavy (non-hydrogen) atoms. The van der Waals surface area contributed by atoms with Gasteiger partial charge in [0, 0.05) is 10.6 Å². The normalized spacial score (nSPS) is 11.2. The Labute approximate surface area is 172 Å². The van der Waals surface area contributed by atoms with E-state index in [1.165, 1.54) is 12.1 Å². The number of carboxylic acids is 1. The van der Waals surface area contributed by atoms with Gasteiger partial charge in [-0.1, -0.05) is 48.0 Å². The van der Waals surface area contributed by atoms with Crippen molar-refractivity contribution >= 4 is 27.4 Å². The van der Waals surface area contributed by atoms with Gasteiger partial charge in [-0.3, -0.25) is 0 Å². The van der Waals surface area contributed by atoms with E-state index in [1.807, 2.05) is 30.3 Å². The van der Waals surface area contributed by atoms with E-state index < -0.39 is 34.0 Å². The zero-order valence-corrected chi connectivity index (χ0v) is 16.6. The molecule has 3 aromatic rings. The number of rotatable bonds is 7. The molecule has 0 aromatic heterocycles. The van der Waals surface area contributed by atoms with Crippen LogP contribution in [0.2, 0.25) is 5.02 Å². The summed E-state index contributed by atoms with van der Waals surface area (Å²) in [5.74, 6) is -2.35. The van der Waals surface area contributed by atoms with Crippen LogP contribution in [0.5, 0.6) is 5.75 Å². The van der Waals surface area contributed by atoms with Crippen LogP contribution >= 0.6 is 11.6 Å². The standard InChI is InChI=1S/C21H16ClFO5S/c22-17-9-18(23)11-19(10-17)29(26,27)13-16-8-15(14-4-2-1-3-5-14)6-7-20(16)28-12-21(24)25/h1-11H,12-13H2,(H,24,25). The Balaban J connectivity index is 2.03. The second-order valence-corrected chi connectivity index (χ2v) is 8.66. The van der Waals surface area contributed by atoms with Gasteiger partial charge in [0.2, 0.25) is 0 Å². The van der Waals surface area contributed by atoms with Crippen LogP contribution in [0.25, 0.3) is 11.1 Å². The number of ether oxygens (including phenoxy) is 1. The smallest absolute Gasteiger partial charge is 0.341 e. The Morgan fingerprint density at radius 2 is 1.72 bits per heavy atom. The van der Waals surface area contributed by atoms with E-state index >= 15 is 0 Å². The zero-order chi connectivity index (χ0) is 21.0. The lowest BCUT2D eigenvalue weighted by atomic mass is 10.0. The van der Waals surface area contributed by atoms with Crippen LogP contribution in [0.1, 0.15) is 5.56 Å². The first-order chi connectivity index (χ1) is 13.7. The summed E-state index contributed by atoms with van der Waals surface area (Å²) >= 11 is 5.79. The zero-order valence-electron chi connectivity index (χ0n) is 15.0. The molecule has 0 saturated heterocycles. The van der Waals surface area contributed by atoms with Gasteiger partial charge in [0.05, 0.1) is 10.6 Å². The number of sulfone groups is 1. The molecule has 0 heterocycles. The quantitative estimate of drug-likeness (QED) is 0.588. The van der Waals surface area contributed by atoms with E-state index in [-0.39, 0.29) is 21.2 Å². The Morgan fingerprint density at radius 1 is 1.00 bits per heavy atom. The van der Waals surface area contributed by atoms with E-state index in [2.05, 4.69) is 0 Å². The fourth-order valence-corrected chi connectivity index (χ4v) is 4.47. The third-order valence-corrected chi connectivity index (χ3v) is 5.92. The molecule has 0 bridgehead atoms. The van der Waals surface area contributed by atoms with Crippen molar-refractivity contribution < 1.29 is 27.4 Å². The van der Waals surface area contributed by atoms with Crippen LogP contribution in [-0.4, -0.2) is 26.1 Å². The first-order valence-corrected chi connectivity index (χ1v) is 10.5. The van der Waals surface area contributed by atoms with Gasteiger partial charge in [-0.15, -0.1) is 0 Å².